The third-order valence-electron chi connectivity index (χ3n) is 1.37. The molecule has 7 heteroatoms. The monoisotopic (exact) mass is 196 g/mol. The van der Waals surface area contributed by atoms with Gasteiger partial charge in [-0.05, 0) is 6.42 Å². The summed E-state index contributed by atoms with van der Waals surface area (Å²) in [4.78, 5) is 16.7. The molecular weight excluding hydrogens is 182 g/mol. The maximum absolute atomic E-state index is 10.3. The lowest BCUT2D eigenvalue weighted by atomic mass is 9.99. The number of rotatable bonds is 6. The molecule has 0 aromatic heterocycles. The van der Waals surface area contributed by atoms with Crippen molar-refractivity contribution in [1.82, 2.24) is 0 Å². The molecule has 0 bridgehead atoms. The second-order valence-corrected chi connectivity index (χ2v) is 3.67. The fraction of sp³-hybridized carbons (Fsp3) is 1.00. The Labute approximate surface area is 72.7 Å². The maximum atomic E-state index is 10.3. The standard InChI is InChI=1S/C5H14BO5P/c1-10-5(2-3-6)4-11-12(7,8)9/h5H,2-4,6H2,1H3,(H2,7,8,9). The van der Waals surface area contributed by atoms with E-state index in [-0.39, 0.29) is 12.7 Å². The van der Waals surface area contributed by atoms with Crippen molar-refractivity contribution in [2.75, 3.05) is 13.7 Å². The lowest BCUT2D eigenvalue weighted by Crippen LogP contribution is -2.17. The Hall–Kier alpha value is 0.135. The van der Waals surface area contributed by atoms with E-state index in [9.17, 15) is 4.57 Å². The Balaban J connectivity index is 3.65. The van der Waals surface area contributed by atoms with E-state index in [0.29, 0.717) is 0 Å². The summed E-state index contributed by atoms with van der Waals surface area (Å²) in [6.45, 7) is -0.0609. The largest absolute Gasteiger partial charge is 0.469 e. The van der Waals surface area contributed by atoms with Crippen LogP contribution in [0.3, 0.4) is 0 Å². The van der Waals surface area contributed by atoms with E-state index in [1.54, 1.807) is 0 Å². The van der Waals surface area contributed by atoms with E-state index in [0.717, 1.165) is 12.7 Å². The molecule has 1 atom stereocenters. The molecule has 0 aliphatic rings. The van der Waals surface area contributed by atoms with Gasteiger partial charge in [-0.1, -0.05) is 6.32 Å². The number of hydrogen-bond donors (Lipinski definition) is 2. The molecule has 0 aromatic carbocycles. The van der Waals surface area contributed by atoms with Crippen molar-refractivity contribution in [1.29, 1.82) is 0 Å². The average Bonchev–Trinajstić information content (AvgIpc) is 1.96. The van der Waals surface area contributed by atoms with Gasteiger partial charge in [0, 0.05) is 7.11 Å². The third kappa shape index (κ3) is 6.82. The topological polar surface area (TPSA) is 76.0 Å². The lowest BCUT2D eigenvalue weighted by molar-refractivity contribution is 0.0434. The molecule has 72 valence electrons. The summed E-state index contributed by atoms with van der Waals surface area (Å²) >= 11 is 0. The summed E-state index contributed by atoms with van der Waals surface area (Å²) in [5, 5.41) is 0. The van der Waals surface area contributed by atoms with Crippen molar-refractivity contribution >= 4 is 15.7 Å². The van der Waals surface area contributed by atoms with Gasteiger partial charge in [0.05, 0.1) is 12.7 Å². The van der Waals surface area contributed by atoms with Crippen LogP contribution in [0, 0.1) is 0 Å². The summed E-state index contributed by atoms with van der Waals surface area (Å²) in [5.41, 5.74) is 0. The van der Waals surface area contributed by atoms with Crippen LogP contribution in [-0.4, -0.2) is 37.5 Å². The Morgan fingerprint density at radius 1 is 1.58 bits per heavy atom. The molecular formula is C5H14BO5P. The van der Waals surface area contributed by atoms with Crippen molar-refractivity contribution < 1.29 is 23.6 Å². The second kappa shape index (κ2) is 5.72. The molecule has 0 amide bonds. The molecule has 12 heavy (non-hydrogen) atoms. The van der Waals surface area contributed by atoms with Gasteiger partial charge in [0.15, 0.2) is 0 Å². The van der Waals surface area contributed by atoms with Gasteiger partial charge in [0.1, 0.15) is 7.85 Å². The quantitative estimate of drug-likeness (QED) is 0.444. The van der Waals surface area contributed by atoms with Crippen LogP contribution < -0.4 is 0 Å². The molecule has 0 rings (SSSR count). The average molecular weight is 196 g/mol. The molecule has 0 aliphatic heterocycles. The van der Waals surface area contributed by atoms with Gasteiger partial charge in [-0.2, -0.15) is 0 Å². The van der Waals surface area contributed by atoms with Crippen LogP contribution in [0.5, 0.6) is 0 Å². The van der Waals surface area contributed by atoms with Crippen molar-refractivity contribution in [3.05, 3.63) is 0 Å². The first-order valence-electron chi connectivity index (χ1n) is 3.72. The van der Waals surface area contributed by atoms with Crippen molar-refractivity contribution in [3.8, 4) is 0 Å². The number of methoxy groups -OCH3 is 1. The molecule has 5 nitrogen and oxygen atoms in total. The van der Waals surface area contributed by atoms with Gasteiger partial charge in [0.2, 0.25) is 0 Å². The summed E-state index contributed by atoms with van der Waals surface area (Å²) in [7, 11) is -0.885. The summed E-state index contributed by atoms with van der Waals surface area (Å²) in [6.07, 6.45) is 1.39. The van der Waals surface area contributed by atoms with E-state index in [2.05, 4.69) is 4.52 Å². The Morgan fingerprint density at radius 3 is 2.50 bits per heavy atom. The molecule has 0 radical (unpaired) electrons. The molecule has 1 unspecified atom stereocenters. The van der Waals surface area contributed by atoms with Crippen molar-refractivity contribution in [2.24, 2.45) is 0 Å². The highest BCUT2D eigenvalue weighted by Gasteiger charge is 2.17. The van der Waals surface area contributed by atoms with Gasteiger partial charge in [-0.3, -0.25) is 4.52 Å². The van der Waals surface area contributed by atoms with Gasteiger partial charge < -0.3 is 14.5 Å². The molecule has 2 N–H and O–H groups in total. The van der Waals surface area contributed by atoms with Gasteiger partial charge >= 0.3 is 7.82 Å². The highest BCUT2D eigenvalue weighted by molar-refractivity contribution is 7.46. The van der Waals surface area contributed by atoms with Crippen LogP contribution >= 0.6 is 7.82 Å². The molecule has 0 spiro atoms. The molecule has 0 fully saturated rings. The van der Waals surface area contributed by atoms with Crippen LogP contribution in [0.4, 0.5) is 0 Å². The highest BCUT2D eigenvalue weighted by atomic mass is 31.2. The van der Waals surface area contributed by atoms with E-state index >= 15 is 0 Å². The number of phosphoric acid groups is 1. The summed E-state index contributed by atoms with van der Waals surface area (Å²) in [5.74, 6) is 0. The number of phosphoric ester groups is 1. The summed E-state index contributed by atoms with van der Waals surface area (Å²) in [6, 6.07) is 0. The van der Waals surface area contributed by atoms with Gasteiger partial charge in [-0.15, -0.1) is 0 Å². The Morgan fingerprint density at radius 2 is 2.17 bits per heavy atom. The van der Waals surface area contributed by atoms with Crippen molar-refractivity contribution in [2.45, 2.75) is 18.8 Å². The predicted octanol–water partition coefficient (Wildman–Crippen LogP) is -0.448. The molecule has 0 saturated heterocycles. The van der Waals surface area contributed by atoms with Crippen LogP contribution in [0.15, 0.2) is 0 Å². The van der Waals surface area contributed by atoms with Crippen LogP contribution in [-0.2, 0) is 13.8 Å². The SMILES string of the molecule is BCCC(COP(=O)(O)O)OC. The number of ether oxygens (including phenoxy) is 1. The molecule has 0 aliphatic carbocycles. The molecule has 0 aromatic rings. The maximum Gasteiger partial charge on any atom is 0.469 e. The van der Waals surface area contributed by atoms with Gasteiger partial charge in [-0.25, -0.2) is 4.57 Å². The van der Waals surface area contributed by atoms with E-state index < -0.39 is 7.82 Å². The molecule has 0 saturated carbocycles. The minimum Gasteiger partial charge on any atom is -0.379 e. The molecule has 0 heterocycles. The minimum atomic E-state index is -4.34. The minimum absolute atomic E-state index is 0.0609. The third-order valence-corrected chi connectivity index (χ3v) is 1.86. The van der Waals surface area contributed by atoms with Gasteiger partial charge in [0.25, 0.3) is 0 Å². The van der Waals surface area contributed by atoms with Crippen LogP contribution in [0.1, 0.15) is 6.42 Å². The zero-order valence-electron chi connectivity index (χ0n) is 7.27. The second-order valence-electron chi connectivity index (χ2n) is 2.43. The first-order chi connectivity index (χ1) is 5.49. The lowest BCUT2D eigenvalue weighted by Gasteiger charge is -2.14. The van der Waals surface area contributed by atoms with E-state index in [4.69, 9.17) is 14.5 Å². The van der Waals surface area contributed by atoms with E-state index in [1.165, 1.54) is 7.11 Å². The van der Waals surface area contributed by atoms with Crippen molar-refractivity contribution in [3.63, 3.8) is 0 Å². The first-order valence-corrected chi connectivity index (χ1v) is 5.25. The Kier molecular flexibility index (Phi) is 5.79. The Bertz CT molecular complexity index is 158. The van der Waals surface area contributed by atoms with Crippen LogP contribution in [0.25, 0.3) is 0 Å². The number of hydrogen-bond acceptors (Lipinski definition) is 3. The fourth-order valence-corrected chi connectivity index (χ4v) is 1.13. The highest BCUT2D eigenvalue weighted by Crippen LogP contribution is 2.35. The smallest absolute Gasteiger partial charge is 0.379 e. The predicted molar refractivity (Wildman–Crippen MR) is 46.8 cm³/mol. The van der Waals surface area contributed by atoms with E-state index in [1.807, 2.05) is 7.85 Å². The zero-order valence-corrected chi connectivity index (χ0v) is 8.16. The fourth-order valence-electron chi connectivity index (χ4n) is 0.771. The summed E-state index contributed by atoms with van der Waals surface area (Å²) < 4.78 is 19.5. The normalized spacial score (nSPS) is 14.6. The van der Waals surface area contributed by atoms with Crippen LogP contribution in [0.2, 0.25) is 6.32 Å². The first kappa shape index (κ1) is 12.1. The zero-order chi connectivity index (χ0) is 9.61.